The zero-order chi connectivity index (χ0) is 15.1. The Bertz CT molecular complexity index is 531. The second-order valence-electron chi connectivity index (χ2n) is 7.06. The van der Waals surface area contributed by atoms with Gasteiger partial charge in [-0.3, -0.25) is 0 Å². The van der Waals surface area contributed by atoms with Gasteiger partial charge in [0.15, 0.2) is 0 Å². The van der Waals surface area contributed by atoms with E-state index in [9.17, 15) is 0 Å². The highest BCUT2D eigenvalue weighted by Gasteiger charge is 2.43. The third-order valence-corrected chi connectivity index (χ3v) is 5.50. The molecule has 1 aromatic rings. The summed E-state index contributed by atoms with van der Waals surface area (Å²) in [5, 5.41) is 0. The van der Waals surface area contributed by atoms with Crippen LogP contribution in [0.15, 0.2) is 35.9 Å². The van der Waals surface area contributed by atoms with E-state index in [0.717, 1.165) is 6.61 Å². The van der Waals surface area contributed by atoms with E-state index in [1.54, 1.807) is 0 Å². The van der Waals surface area contributed by atoms with Crippen LogP contribution in [0, 0.1) is 23.7 Å². The fourth-order valence-corrected chi connectivity index (χ4v) is 4.21. The highest BCUT2D eigenvalue weighted by molar-refractivity contribution is 5.46. The van der Waals surface area contributed by atoms with Crippen LogP contribution in [0.25, 0.3) is 0 Å². The van der Waals surface area contributed by atoms with Gasteiger partial charge in [0.05, 0.1) is 12.7 Å². The zero-order valence-corrected chi connectivity index (χ0v) is 13.8. The highest BCUT2D eigenvalue weighted by Crippen LogP contribution is 2.49. The first-order valence-electron chi connectivity index (χ1n) is 8.06. The van der Waals surface area contributed by atoms with Gasteiger partial charge in [-0.25, -0.2) is 0 Å². The molecular formula is C19H27NO. The van der Waals surface area contributed by atoms with Crippen LogP contribution >= 0.6 is 0 Å². The van der Waals surface area contributed by atoms with Gasteiger partial charge in [0.25, 0.3) is 0 Å². The molecule has 1 fully saturated rings. The van der Waals surface area contributed by atoms with E-state index in [4.69, 9.17) is 4.74 Å². The maximum atomic E-state index is 6.29. The van der Waals surface area contributed by atoms with Crippen LogP contribution in [-0.2, 0) is 4.74 Å². The van der Waals surface area contributed by atoms with Gasteiger partial charge in [-0.15, -0.1) is 0 Å². The highest BCUT2D eigenvalue weighted by atomic mass is 16.5. The molecule has 2 bridgehead atoms. The SMILES string of the molecule is CC1=C[C@@H](C)[C@@H]2CO[C@H](c3ccc(N(C)C)cc3)[C@@H]1[C@H]2C. The molecule has 1 aliphatic carbocycles. The Labute approximate surface area is 128 Å². The lowest BCUT2D eigenvalue weighted by molar-refractivity contribution is -0.0934. The summed E-state index contributed by atoms with van der Waals surface area (Å²) in [6.45, 7) is 7.91. The number of nitrogens with zero attached hydrogens (tertiary/aromatic N) is 1. The van der Waals surface area contributed by atoms with E-state index < -0.39 is 0 Å². The Kier molecular flexibility index (Phi) is 3.83. The Morgan fingerprint density at radius 2 is 1.76 bits per heavy atom. The third kappa shape index (κ3) is 2.50. The molecule has 0 saturated carbocycles. The van der Waals surface area contributed by atoms with Gasteiger partial charge in [0.1, 0.15) is 0 Å². The average Bonchev–Trinajstić information content (AvgIpc) is 2.44. The third-order valence-electron chi connectivity index (χ3n) is 5.50. The molecule has 0 aromatic heterocycles. The molecule has 21 heavy (non-hydrogen) atoms. The van der Waals surface area contributed by atoms with Crippen molar-refractivity contribution in [2.75, 3.05) is 25.6 Å². The van der Waals surface area contributed by atoms with Gasteiger partial charge in [-0.1, -0.05) is 37.6 Å². The summed E-state index contributed by atoms with van der Waals surface area (Å²) in [4.78, 5) is 2.14. The van der Waals surface area contributed by atoms with Crippen molar-refractivity contribution in [2.45, 2.75) is 26.9 Å². The molecule has 5 atom stereocenters. The first-order valence-corrected chi connectivity index (χ1v) is 8.06. The lowest BCUT2D eigenvalue weighted by Crippen LogP contribution is -2.42. The Balaban J connectivity index is 1.90. The molecular weight excluding hydrogens is 258 g/mol. The summed E-state index contributed by atoms with van der Waals surface area (Å²) in [6, 6.07) is 8.86. The monoisotopic (exact) mass is 285 g/mol. The molecule has 1 heterocycles. The summed E-state index contributed by atoms with van der Waals surface area (Å²) in [5.41, 5.74) is 4.07. The van der Waals surface area contributed by atoms with Crippen molar-refractivity contribution in [1.29, 1.82) is 0 Å². The molecule has 1 saturated heterocycles. The van der Waals surface area contributed by atoms with Crippen molar-refractivity contribution in [2.24, 2.45) is 23.7 Å². The number of benzene rings is 1. The van der Waals surface area contributed by atoms with Crippen LogP contribution in [0.3, 0.4) is 0 Å². The van der Waals surface area contributed by atoms with Crippen LogP contribution in [0.5, 0.6) is 0 Å². The first kappa shape index (κ1) is 14.6. The smallest absolute Gasteiger partial charge is 0.0892 e. The summed E-state index contributed by atoms with van der Waals surface area (Å²) < 4.78 is 6.29. The maximum absolute atomic E-state index is 6.29. The molecule has 114 valence electrons. The average molecular weight is 285 g/mol. The largest absolute Gasteiger partial charge is 0.378 e. The second-order valence-corrected chi connectivity index (χ2v) is 7.06. The van der Waals surface area contributed by atoms with Gasteiger partial charge >= 0.3 is 0 Å². The number of anilines is 1. The normalized spacial score (nSPS) is 35.3. The molecule has 0 spiro atoms. The second kappa shape index (κ2) is 5.49. The van der Waals surface area contributed by atoms with Crippen LogP contribution in [0.1, 0.15) is 32.4 Å². The minimum atomic E-state index is 0.219. The summed E-state index contributed by atoms with van der Waals surface area (Å²) in [5.74, 6) is 2.56. The first-order chi connectivity index (χ1) is 9.99. The molecule has 2 heteroatoms. The van der Waals surface area contributed by atoms with Crippen molar-refractivity contribution in [3.8, 4) is 0 Å². The van der Waals surface area contributed by atoms with Crippen LogP contribution in [0.4, 0.5) is 5.69 Å². The van der Waals surface area contributed by atoms with Crippen molar-refractivity contribution in [3.05, 3.63) is 41.5 Å². The number of fused-ring (bicyclic) bond motifs is 2. The Morgan fingerprint density at radius 3 is 2.38 bits per heavy atom. The van der Waals surface area contributed by atoms with Gasteiger partial charge < -0.3 is 9.64 Å². The molecule has 0 unspecified atom stereocenters. The van der Waals surface area contributed by atoms with E-state index in [0.29, 0.717) is 23.7 Å². The Hall–Kier alpha value is -1.28. The molecule has 0 amide bonds. The minimum Gasteiger partial charge on any atom is -0.378 e. The standard InChI is InChI=1S/C19H27NO/c1-12-10-13(2)18-14(3)17(12)11-21-19(18)15-6-8-16(9-7-15)20(4)5/h6-10,12,14,17-19H,11H2,1-5H3/t12-,14+,17+,18+,19-/m1/s1. The summed E-state index contributed by atoms with van der Waals surface area (Å²) >= 11 is 0. The number of hydrogen-bond donors (Lipinski definition) is 0. The predicted octanol–water partition coefficient (Wildman–Crippen LogP) is 4.29. The Morgan fingerprint density at radius 1 is 1.10 bits per heavy atom. The lowest BCUT2D eigenvalue weighted by Gasteiger charge is -2.47. The van der Waals surface area contributed by atoms with E-state index in [-0.39, 0.29) is 6.10 Å². The zero-order valence-electron chi connectivity index (χ0n) is 13.8. The number of rotatable bonds is 2. The fraction of sp³-hybridized carbons (Fsp3) is 0.579. The van der Waals surface area contributed by atoms with E-state index in [1.165, 1.54) is 16.8 Å². The molecule has 3 rings (SSSR count). The van der Waals surface area contributed by atoms with Crippen LogP contribution in [0.2, 0.25) is 0 Å². The van der Waals surface area contributed by atoms with Gasteiger partial charge in [-0.05, 0) is 42.4 Å². The fourth-order valence-electron chi connectivity index (χ4n) is 4.21. The summed E-state index contributed by atoms with van der Waals surface area (Å²) in [7, 11) is 4.16. The van der Waals surface area contributed by atoms with E-state index in [1.807, 2.05) is 0 Å². The van der Waals surface area contributed by atoms with Crippen LogP contribution < -0.4 is 4.90 Å². The molecule has 2 aliphatic rings. The summed E-state index contributed by atoms with van der Waals surface area (Å²) in [6.07, 6.45) is 2.69. The maximum Gasteiger partial charge on any atom is 0.0892 e. The number of hydrogen-bond acceptors (Lipinski definition) is 2. The topological polar surface area (TPSA) is 12.5 Å². The van der Waals surface area contributed by atoms with Gasteiger partial charge in [0.2, 0.25) is 0 Å². The van der Waals surface area contributed by atoms with Crippen molar-refractivity contribution >= 4 is 5.69 Å². The lowest BCUT2D eigenvalue weighted by atomic mass is 9.64. The van der Waals surface area contributed by atoms with Crippen LogP contribution in [-0.4, -0.2) is 20.7 Å². The number of allylic oxidation sites excluding steroid dienone is 1. The predicted molar refractivity (Wildman–Crippen MR) is 88.5 cm³/mol. The number of ether oxygens (including phenoxy) is 1. The molecule has 2 nitrogen and oxygen atoms in total. The van der Waals surface area contributed by atoms with E-state index in [2.05, 4.69) is 70.1 Å². The van der Waals surface area contributed by atoms with Crippen molar-refractivity contribution in [3.63, 3.8) is 0 Å². The molecule has 1 aliphatic heterocycles. The van der Waals surface area contributed by atoms with Crippen molar-refractivity contribution < 1.29 is 4.74 Å². The quantitative estimate of drug-likeness (QED) is 0.752. The van der Waals surface area contributed by atoms with Gasteiger partial charge in [-0.2, -0.15) is 0 Å². The molecule has 0 radical (unpaired) electrons. The van der Waals surface area contributed by atoms with Crippen molar-refractivity contribution in [1.82, 2.24) is 0 Å². The van der Waals surface area contributed by atoms with E-state index >= 15 is 0 Å². The van der Waals surface area contributed by atoms with Gasteiger partial charge in [0, 0.05) is 25.7 Å². The molecule has 1 aromatic carbocycles. The molecule has 0 N–H and O–H groups in total. The minimum absolute atomic E-state index is 0.219.